The van der Waals surface area contributed by atoms with Gasteiger partial charge in [-0.05, 0) is 59.8 Å². The van der Waals surface area contributed by atoms with E-state index in [0.717, 1.165) is 25.7 Å². The van der Waals surface area contributed by atoms with E-state index in [1.54, 1.807) is 4.90 Å². The number of aliphatic imine (C=N–C) groups is 1. The number of hydrogen-bond acceptors (Lipinski definition) is 4. The number of carbonyl (C=O) groups excluding carboxylic acids is 2. The van der Waals surface area contributed by atoms with Gasteiger partial charge in [0.15, 0.2) is 5.96 Å². The summed E-state index contributed by atoms with van der Waals surface area (Å²) in [5, 5.41) is 6.12. The summed E-state index contributed by atoms with van der Waals surface area (Å²) in [6, 6.07) is 0. The van der Waals surface area contributed by atoms with Gasteiger partial charge in [0.1, 0.15) is 6.10 Å². The number of carbonyl (C=O) groups is 2. The highest BCUT2D eigenvalue weighted by atomic mass is 16.5. The van der Waals surface area contributed by atoms with Crippen molar-refractivity contribution in [1.29, 1.82) is 0 Å². The molecule has 26 heavy (non-hydrogen) atoms. The summed E-state index contributed by atoms with van der Waals surface area (Å²) in [6.45, 7) is 9.31. The third-order valence-electron chi connectivity index (χ3n) is 3.99. The van der Waals surface area contributed by atoms with Crippen molar-refractivity contribution in [3.05, 3.63) is 0 Å². The lowest BCUT2D eigenvalue weighted by Gasteiger charge is -2.25. The topological polar surface area (TPSA) is 83.0 Å². The predicted octanol–water partition coefficient (Wildman–Crippen LogP) is 2.06. The number of hydrogen-bond donors (Lipinski definition) is 2. The Bertz CT molecular complexity index is 480. The number of likely N-dealkylation sites (N-methyl/N-ethyl adjacent to an activating group) is 1. The van der Waals surface area contributed by atoms with Crippen molar-refractivity contribution in [2.45, 2.75) is 77.9 Å². The molecule has 0 heterocycles. The van der Waals surface area contributed by atoms with Crippen LogP contribution in [0.2, 0.25) is 0 Å². The van der Waals surface area contributed by atoms with Gasteiger partial charge < -0.3 is 20.3 Å². The van der Waals surface area contributed by atoms with E-state index in [0.29, 0.717) is 31.9 Å². The second kappa shape index (κ2) is 11.0. The third-order valence-corrected chi connectivity index (χ3v) is 3.99. The molecule has 2 N–H and O–H groups in total. The van der Waals surface area contributed by atoms with Crippen LogP contribution in [0.1, 0.15) is 66.2 Å². The lowest BCUT2D eigenvalue weighted by Crippen LogP contribution is -2.48. The van der Waals surface area contributed by atoms with Crippen LogP contribution in [0.15, 0.2) is 4.99 Å². The molecule has 0 atom stereocenters. The highest BCUT2D eigenvalue weighted by molar-refractivity contribution is 5.86. The molecule has 0 unspecified atom stereocenters. The number of nitrogens with one attached hydrogen (secondary N) is 2. The molecule has 1 saturated carbocycles. The van der Waals surface area contributed by atoms with Gasteiger partial charge in [-0.3, -0.25) is 14.6 Å². The van der Waals surface area contributed by atoms with Crippen LogP contribution in [0.25, 0.3) is 0 Å². The Balaban J connectivity index is 2.38. The first kappa shape index (κ1) is 22.3. The quantitative estimate of drug-likeness (QED) is 0.297. The average Bonchev–Trinajstić information content (AvgIpc) is 3.01. The fourth-order valence-corrected chi connectivity index (χ4v) is 2.88. The van der Waals surface area contributed by atoms with E-state index < -0.39 is 0 Å². The zero-order valence-corrected chi connectivity index (χ0v) is 17.1. The van der Waals surface area contributed by atoms with Crippen molar-refractivity contribution < 1.29 is 14.3 Å². The summed E-state index contributed by atoms with van der Waals surface area (Å²) in [5.41, 5.74) is -0.257. The van der Waals surface area contributed by atoms with Crippen molar-refractivity contribution in [2.24, 2.45) is 4.99 Å². The molecule has 7 heteroatoms. The molecule has 0 aromatic heterocycles. The van der Waals surface area contributed by atoms with Crippen molar-refractivity contribution in [2.75, 3.05) is 26.7 Å². The first-order valence-electron chi connectivity index (χ1n) is 9.71. The molecule has 1 aliphatic carbocycles. The van der Waals surface area contributed by atoms with Gasteiger partial charge in [-0.25, -0.2) is 0 Å². The van der Waals surface area contributed by atoms with Crippen LogP contribution in [0.5, 0.6) is 0 Å². The molecule has 1 amide bonds. The van der Waals surface area contributed by atoms with Crippen LogP contribution in [0, 0.1) is 0 Å². The van der Waals surface area contributed by atoms with Gasteiger partial charge in [-0.1, -0.05) is 0 Å². The first-order chi connectivity index (χ1) is 12.2. The van der Waals surface area contributed by atoms with E-state index in [2.05, 4.69) is 15.6 Å². The van der Waals surface area contributed by atoms with E-state index >= 15 is 0 Å². The van der Waals surface area contributed by atoms with Crippen molar-refractivity contribution in [3.63, 3.8) is 0 Å². The van der Waals surface area contributed by atoms with E-state index in [4.69, 9.17) is 4.74 Å². The lowest BCUT2D eigenvalue weighted by molar-refractivity contribution is -0.148. The molecule has 1 aliphatic rings. The van der Waals surface area contributed by atoms with Crippen LogP contribution in [0.4, 0.5) is 0 Å². The van der Waals surface area contributed by atoms with Crippen molar-refractivity contribution in [1.82, 2.24) is 15.5 Å². The summed E-state index contributed by atoms with van der Waals surface area (Å²) >= 11 is 0. The monoisotopic (exact) mass is 368 g/mol. The highest BCUT2D eigenvalue weighted by Crippen LogP contribution is 2.21. The van der Waals surface area contributed by atoms with Gasteiger partial charge in [0.25, 0.3) is 0 Å². The van der Waals surface area contributed by atoms with Crippen molar-refractivity contribution >= 4 is 17.8 Å². The molecular weight excluding hydrogens is 332 g/mol. The molecule has 0 aromatic rings. The zero-order valence-electron chi connectivity index (χ0n) is 17.1. The van der Waals surface area contributed by atoms with E-state index in [-0.39, 0.29) is 30.1 Å². The number of amides is 1. The maximum absolute atomic E-state index is 12.1. The zero-order chi connectivity index (χ0) is 19.6. The Labute approximate surface area is 157 Å². The number of esters is 1. The number of ether oxygens (including phenoxy) is 1. The van der Waals surface area contributed by atoms with Crippen LogP contribution < -0.4 is 10.6 Å². The fourth-order valence-electron chi connectivity index (χ4n) is 2.88. The Hall–Kier alpha value is -1.79. The highest BCUT2D eigenvalue weighted by Gasteiger charge is 2.19. The second-order valence-electron chi connectivity index (χ2n) is 7.89. The molecule has 0 bridgehead atoms. The molecule has 7 nitrogen and oxygen atoms in total. The van der Waals surface area contributed by atoms with E-state index in [9.17, 15) is 9.59 Å². The summed E-state index contributed by atoms with van der Waals surface area (Å²) < 4.78 is 5.45. The number of rotatable bonds is 8. The Kier molecular flexibility index (Phi) is 9.44. The smallest absolute Gasteiger partial charge is 0.306 e. The normalized spacial score (nSPS) is 15.7. The number of nitrogens with zero attached hydrogens (tertiary/aromatic N) is 2. The summed E-state index contributed by atoms with van der Waals surface area (Å²) in [7, 11) is 1.83. The standard InChI is InChI=1S/C19H36N4O3/c1-6-20-18(23(5)14-16(24)22-19(2,3)4)21-13-9-12-17(25)26-15-10-7-8-11-15/h15H,6-14H2,1-5H3,(H,20,21)(H,22,24). The van der Waals surface area contributed by atoms with Gasteiger partial charge in [0.05, 0.1) is 6.54 Å². The van der Waals surface area contributed by atoms with Crippen LogP contribution in [-0.4, -0.2) is 61.1 Å². The van der Waals surface area contributed by atoms with Gasteiger partial charge in [0, 0.05) is 32.1 Å². The third kappa shape index (κ3) is 9.63. The molecule has 1 rings (SSSR count). The minimum Gasteiger partial charge on any atom is -0.462 e. The Morgan fingerprint density at radius 1 is 1.23 bits per heavy atom. The Morgan fingerprint density at radius 2 is 1.88 bits per heavy atom. The molecule has 0 aromatic carbocycles. The summed E-state index contributed by atoms with van der Waals surface area (Å²) in [5.74, 6) is 0.487. The second-order valence-corrected chi connectivity index (χ2v) is 7.89. The predicted molar refractivity (Wildman–Crippen MR) is 104 cm³/mol. The molecule has 1 fully saturated rings. The Morgan fingerprint density at radius 3 is 2.46 bits per heavy atom. The van der Waals surface area contributed by atoms with Gasteiger partial charge in [0.2, 0.25) is 5.91 Å². The molecule has 0 aliphatic heterocycles. The summed E-state index contributed by atoms with van der Waals surface area (Å²) in [6.07, 6.45) is 5.45. The maximum atomic E-state index is 12.1. The van der Waals surface area contributed by atoms with Gasteiger partial charge in [-0.15, -0.1) is 0 Å². The van der Waals surface area contributed by atoms with E-state index in [1.807, 2.05) is 34.7 Å². The van der Waals surface area contributed by atoms with Gasteiger partial charge >= 0.3 is 5.97 Å². The molecule has 0 saturated heterocycles. The van der Waals surface area contributed by atoms with Crippen LogP contribution in [0.3, 0.4) is 0 Å². The van der Waals surface area contributed by atoms with Crippen molar-refractivity contribution in [3.8, 4) is 0 Å². The lowest BCUT2D eigenvalue weighted by atomic mass is 10.1. The molecule has 150 valence electrons. The average molecular weight is 369 g/mol. The first-order valence-corrected chi connectivity index (χ1v) is 9.71. The maximum Gasteiger partial charge on any atom is 0.306 e. The van der Waals surface area contributed by atoms with Gasteiger partial charge in [-0.2, -0.15) is 0 Å². The minimum atomic E-state index is -0.257. The summed E-state index contributed by atoms with van der Waals surface area (Å²) in [4.78, 5) is 30.2. The minimum absolute atomic E-state index is 0.0502. The van der Waals surface area contributed by atoms with E-state index in [1.165, 1.54) is 0 Å². The number of guanidine groups is 1. The van der Waals surface area contributed by atoms with Crippen LogP contribution >= 0.6 is 0 Å². The molecule has 0 spiro atoms. The fraction of sp³-hybridized carbons (Fsp3) is 0.842. The largest absolute Gasteiger partial charge is 0.462 e. The SMILES string of the molecule is CCNC(=NCCCC(=O)OC1CCCC1)N(C)CC(=O)NC(C)(C)C. The molecular formula is C19H36N4O3. The molecule has 0 radical (unpaired) electrons. The van der Waals surface area contributed by atoms with Crippen LogP contribution in [-0.2, 0) is 14.3 Å².